The van der Waals surface area contributed by atoms with E-state index in [0.29, 0.717) is 18.1 Å². The molecule has 0 bridgehead atoms. The van der Waals surface area contributed by atoms with Crippen molar-refractivity contribution in [2.75, 3.05) is 6.61 Å². The highest BCUT2D eigenvalue weighted by atomic mass is 35.5. The van der Waals surface area contributed by atoms with Gasteiger partial charge in [-0.1, -0.05) is 42.8 Å². The molecule has 1 aliphatic heterocycles. The van der Waals surface area contributed by atoms with E-state index >= 15 is 0 Å². The fourth-order valence-corrected chi connectivity index (χ4v) is 4.31. The normalized spacial score (nSPS) is 24.7. The predicted molar refractivity (Wildman–Crippen MR) is 125 cm³/mol. The Labute approximate surface area is 200 Å². The van der Waals surface area contributed by atoms with Crippen LogP contribution in [0.25, 0.3) is 0 Å². The summed E-state index contributed by atoms with van der Waals surface area (Å²) in [4.78, 5) is 23.7. The number of carbonyl (C=O) groups is 2. The van der Waals surface area contributed by atoms with Crippen molar-refractivity contribution in [1.29, 1.82) is 0 Å². The lowest BCUT2D eigenvalue weighted by Crippen LogP contribution is -2.52. The van der Waals surface area contributed by atoms with Gasteiger partial charge in [-0.05, 0) is 55.2 Å². The molecule has 2 aromatic rings. The van der Waals surface area contributed by atoms with Crippen molar-refractivity contribution >= 4 is 23.5 Å². The molecule has 0 aromatic heterocycles. The Kier molecular flexibility index (Phi) is 8.38. The minimum Gasteiger partial charge on any atom is -0.494 e. The molecule has 0 radical (unpaired) electrons. The van der Waals surface area contributed by atoms with E-state index in [1.54, 1.807) is 0 Å². The van der Waals surface area contributed by atoms with Gasteiger partial charge in [-0.3, -0.25) is 9.59 Å². The number of benzene rings is 2. The maximum absolute atomic E-state index is 11.9. The van der Waals surface area contributed by atoms with E-state index < -0.39 is 30.3 Å². The molecule has 0 amide bonds. The maximum Gasteiger partial charge on any atom is 0.303 e. The van der Waals surface area contributed by atoms with Gasteiger partial charge in [-0.25, -0.2) is 0 Å². The fraction of sp³-hybridized carbons (Fsp3) is 0.462. The first-order valence-corrected chi connectivity index (χ1v) is 11.6. The molecule has 0 saturated carbocycles. The van der Waals surface area contributed by atoms with E-state index in [1.807, 2.05) is 63.2 Å². The fourth-order valence-electron chi connectivity index (χ4n) is 4.12. The van der Waals surface area contributed by atoms with Crippen molar-refractivity contribution < 1.29 is 28.5 Å². The Bertz CT molecular complexity index is 973. The third kappa shape index (κ3) is 6.27. The summed E-state index contributed by atoms with van der Waals surface area (Å²) in [5.74, 6) is -0.217. The van der Waals surface area contributed by atoms with Gasteiger partial charge < -0.3 is 18.9 Å². The number of hydrogen-bond acceptors (Lipinski definition) is 6. The van der Waals surface area contributed by atoms with Gasteiger partial charge in [0.15, 0.2) is 6.10 Å². The van der Waals surface area contributed by atoms with E-state index in [9.17, 15) is 9.59 Å². The third-order valence-corrected chi connectivity index (χ3v) is 6.24. The number of hydrogen-bond donors (Lipinski definition) is 0. The predicted octanol–water partition coefficient (Wildman–Crippen LogP) is 5.29. The number of carbonyl (C=O) groups excluding carboxylic acids is 2. The van der Waals surface area contributed by atoms with Crippen molar-refractivity contribution in [1.82, 2.24) is 0 Å². The molecular weight excluding hydrogens is 444 g/mol. The van der Waals surface area contributed by atoms with Crippen LogP contribution in [0.15, 0.2) is 42.5 Å². The lowest BCUT2D eigenvalue weighted by Gasteiger charge is -2.43. The summed E-state index contributed by atoms with van der Waals surface area (Å²) in [6, 6.07) is 13.5. The summed E-state index contributed by atoms with van der Waals surface area (Å²) in [7, 11) is 0. The van der Waals surface area contributed by atoms with Crippen LogP contribution < -0.4 is 4.74 Å². The van der Waals surface area contributed by atoms with Crippen molar-refractivity contribution in [3.05, 3.63) is 64.2 Å². The van der Waals surface area contributed by atoms with Crippen LogP contribution in [0.2, 0.25) is 5.02 Å². The summed E-state index contributed by atoms with van der Waals surface area (Å²) in [5, 5.41) is 0.630. The number of ether oxygens (including phenoxy) is 4. The highest BCUT2D eigenvalue weighted by Gasteiger charge is 2.47. The van der Waals surface area contributed by atoms with Crippen LogP contribution in [0, 0.1) is 5.92 Å². The molecule has 3 rings (SSSR count). The second kappa shape index (κ2) is 11.0. The van der Waals surface area contributed by atoms with Crippen LogP contribution in [-0.4, -0.2) is 36.9 Å². The SMILES string of the molecule is CCOc1ccc(Cc2cc([C@@H]3OC(C)[C@@H](C)[C@H](OC(C)=O)[C@H]3OC(C)=O)ccc2Cl)cc1. The maximum atomic E-state index is 11.9. The lowest BCUT2D eigenvalue weighted by molar-refractivity contribution is -0.222. The van der Waals surface area contributed by atoms with E-state index in [2.05, 4.69) is 0 Å². The molecule has 1 unspecified atom stereocenters. The second-order valence-electron chi connectivity index (χ2n) is 8.37. The Morgan fingerprint density at radius 2 is 1.61 bits per heavy atom. The van der Waals surface area contributed by atoms with E-state index in [1.165, 1.54) is 13.8 Å². The molecule has 178 valence electrons. The first kappa shape index (κ1) is 25.1. The topological polar surface area (TPSA) is 71.1 Å². The molecule has 0 N–H and O–H groups in total. The largest absolute Gasteiger partial charge is 0.494 e. The van der Waals surface area contributed by atoms with Crippen LogP contribution in [0.5, 0.6) is 5.75 Å². The zero-order chi connectivity index (χ0) is 24.1. The number of esters is 2. The molecule has 2 aromatic carbocycles. The first-order chi connectivity index (χ1) is 15.7. The number of halogens is 1. The van der Waals surface area contributed by atoms with E-state index in [-0.39, 0.29) is 12.0 Å². The molecule has 0 aliphatic carbocycles. The lowest BCUT2D eigenvalue weighted by atomic mass is 9.85. The molecule has 0 spiro atoms. The Balaban J connectivity index is 1.92. The van der Waals surface area contributed by atoms with E-state index in [4.69, 9.17) is 30.5 Å². The van der Waals surface area contributed by atoms with Gasteiger partial charge in [0.25, 0.3) is 0 Å². The van der Waals surface area contributed by atoms with Crippen LogP contribution in [-0.2, 0) is 30.2 Å². The quantitative estimate of drug-likeness (QED) is 0.508. The van der Waals surface area contributed by atoms with Crippen molar-refractivity contribution in [3.63, 3.8) is 0 Å². The Morgan fingerprint density at radius 1 is 0.970 bits per heavy atom. The summed E-state index contributed by atoms with van der Waals surface area (Å²) in [6.07, 6.45) is -1.58. The summed E-state index contributed by atoms with van der Waals surface area (Å²) in [6.45, 7) is 9.10. The Morgan fingerprint density at radius 3 is 2.21 bits per heavy atom. The molecule has 1 aliphatic rings. The van der Waals surface area contributed by atoms with Crippen LogP contribution in [0.3, 0.4) is 0 Å². The zero-order valence-corrected chi connectivity index (χ0v) is 20.4. The molecule has 7 heteroatoms. The van der Waals surface area contributed by atoms with Gasteiger partial charge in [0, 0.05) is 24.8 Å². The standard InChI is InChI=1S/C26H31ClO6/c1-6-30-22-10-7-19(8-11-22)13-21-14-20(9-12-23(21)27)25-26(33-18(5)29)24(32-17(4)28)15(2)16(3)31-25/h7-12,14-16,24-26H,6,13H2,1-5H3/t15-,16?,24+,25+,26-/m1/s1. The molecule has 1 fully saturated rings. The third-order valence-electron chi connectivity index (χ3n) is 5.87. The minimum atomic E-state index is -0.767. The zero-order valence-electron chi connectivity index (χ0n) is 19.7. The molecule has 1 heterocycles. The smallest absolute Gasteiger partial charge is 0.303 e. The highest BCUT2D eigenvalue weighted by molar-refractivity contribution is 6.31. The van der Waals surface area contributed by atoms with Gasteiger partial charge in [-0.15, -0.1) is 0 Å². The average molecular weight is 475 g/mol. The van der Waals surface area contributed by atoms with Crippen molar-refractivity contribution in [3.8, 4) is 5.75 Å². The molecule has 6 nitrogen and oxygen atoms in total. The van der Waals surface area contributed by atoms with Gasteiger partial charge >= 0.3 is 11.9 Å². The molecule has 5 atom stereocenters. The average Bonchev–Trinajstić information content (AvgIpc) is 2.76. The van der Waals surface area contributed by atoms with Gasteiger partial charge in [0.1, 0.15) is 18.0 Å². The van der Waals surface area contributed by atoms with Crippen molar-refractivity contribution in [2.45, 2.75) is 65.5 Å². The van der Waals surface area contributed by atoms with Gasteiger partial charge in [0.2, 0.25) is 0 Å². The summed E-state index contributed by atoms with van der Waals surface area (Å²) < 4.78 is 23.0. The van der Waals surface area contributed by atoms with Crippen LogP contribution in [0.4, 0.5) is 0 Å². The number of rotatable bonds is 7. The van der Waals surface area contributed by atoms with Crippen molar-refractivity contribution in [2.24, 2.45) is 5.92 Å². The first-order valence-electron chi connectivity index (χ1n) is 11.2. The highest BCUT2D eigenvalue weighted by Crippen LogP contribution is 2.39. The van der Waals surface area contributed by atoms with Crippen LogP contribution in [0.1, 0.15) is 57.4 Å². The monoisotopic (exact) mass is 474 g/mol. The van der Waals surface area contributed by atoms with Crippen LogP contribution >= 0.6 is 11.6 Å². The second-order valence-corrected chi connectivity index (χ2v) is 8.78. The summed E-state index contributed by atoms with van der Waals surface area (Å²) in [5.41, 5.74) is 2.81. The van der Waals surface area contributed by atoms with E-state index in [0.717, 1.165) is 22.4 Å². The minimum absolute atomic E-state index is 0.148. The summed E-state index contributed by atoms with van der Waals surface area (Å²) >= 11 is 6.52. The molecular formula is C26H31ClO6. The Hall–Kier alpha value is -2.57. The van der Waals surface area contributed by atoms with Gasteiger partial charge in [-0.2, -0.15) is 0 Å². The molecule has 33 heavy (non-hydrogen) atoms. The molecule has 1 saturated heterocycles. The van der Waals surface area contributed by atoms with Gasteiger partial charge in [0.05, 0.1) is 12.7 Å².